The van der Waals surface area contributed by atoms with E-state index in [1.54, 1.807) is 6.92 Å². The van der Waals surface area contributed by atoms with Crippen molar-refractivity contribution in [3.63, 3.8) is 0 Å². The third-order valence-corrected chi connectivity index (χ3v) is 3.11. The summed E-state index contributed by atoms with van der Waals surface area (Å²) >= 11 is 5.89. The average molecular weight is 312 g/mol. The molecule has 0 aromatic heterocycles. The van der Waals surface area contributed by atoms with Crippen LogP contribution >= 0.6 is 11.6 Å². The molecule has 21 heavy (non-hydrogen) atoms. The number of nitrogens with one attached hydrogen (secondary N) is 3. The van der Waals surface area contributed by atoms with Gasteiger partial charge in [0.25, 0.3) is 0 Å². The highest BCUT2D eigenvalue weighted by molar-refractivity contribution is 6.30. The third-order valence-electron chi connectivity index (χ3n) is 2.88. The quantitative estimate of drug-likeness (QED) is 0.721. The Morgan fingerprint density at radius 2 is 2.00 bits per heavy atom. The summed E-state index contributed by atoms with van der Waals surface area (Å²) < 4.78 is 0. The summed E-state index contributed by atoms with van der Waals surface area (Å²) in [5.41, 5.74) is 1.05. The van der Waals surface area contributed by atoms with Crippen molar-refractivity contribution in [1.29, 1.82) is 0 Å². The molecule has 0 aliphatic heterocycles. The van der Waals surface area contributed by atoms with E-state index in [1.165, 1.54) is 0 Å². The Hall–Kier alpha value is -1.75. The van der Waals surface area contributed by atoms with E-state index in [2.05, 4.69) is 16.0 Å². The number of hydrogen-bond acceptors (Lipinski definition) is 2. The SMILES string of the molecule is CCCNC(=O)C(C)NC(=O)NCCc1cccc(Cl)c1. The highest BCUT2D eigenvalue weighted by Gasteiger charge is 2.14. The molecule has 0 saturated carbocycles. The lowest BCUT2D eigenvalue weighted by Crippen LogP contribution is -2.48. The summed E-state index contributed by atoms with van der Waals surface area (Å²) in [7, 11) is 0. The molecular weight excluding hydrogens is 290 g/mol. The minimum absolute atomic E-state index is 0.179. The first-order valence-electron chi connectivity index (χ1n) is 7.09. The Balaban J connectivity index is 2.26. The minimum Gasteiger partial charge on any atom is -0.354 e. The largest absolute Gasteiger partial charge is 0.354 e. The van der Waals surface area contributed by atoms with Crippen LogP contribution in [0.2, 0.25) is 5.02 Å². The van der Waals surface area contributed by atoms with Crippen molar-refractivity contribution in [2.75, 3.05) is 13.1 Å². The van der Waals surface area contributed by atoms with E-state index in [-0.39, 0.29) is 11.9 Å². The molecule has 116 valence electrons. The lowest BCUT2D eigenvalue weighted by Gasteiger charge is -2.14. The zero-order valence-corrected chi connectivity index (χ0v) is 13.2. The van der Waals surface area contributed by atoms with Crippen LogP contribution in [-0.2, 0) is 11.2 Å². The van der Waals surface area contributed by atoms with Crippen molar-refractivity contribution in [2.45, 2.75) is 32.7 Å². The van der Waals surface area contributed by atoms with Crippen LogP contribution in [0.25, 0.3) is 0 Å². The fourth-order valence-electron chi connectivity index (χ4n) is 1.73. The number of hydrogen-bond donors (Lipinski definition) is 3. The van der Waals surface area contributed by atoms with Gasteiger partial charge in [0.1, 0.15) is 6.04 Å². The van der Waals surface area contributed by atoms with Gasteiger partial charge in [0.15, 0.2) is 0 Å². The Bertz CT molecular complexity index is 480. The second-order valence-electron chi connectivity index (χ2n) is 4.79. The molecule has 0 bridgehead atoms. The highest BCUT2D eigenvalue weighted by Crippen LogP contribution is 2.10. The standard InChI is InChI=1S/C15H22ClN3O2/c1-3-8-17-14(20)11(2)19-15(21)18-9-7-12-5-4-6-13(16)10-12/h4-6,10-11H,3,7-9H2,1-2H3,(H,17,20)(H2,18,19,21). The Kier molecular flexibility index (Phi) is 7.61. The molecule has 0 radical (unpaired) electrons. The van der Waals surface area contributed by atoms with Gasteiger partial charge in [-0.3, -0.25) is 4.79 Å². The normalized spacial score (nSPS) is 11.6. The van der Waals surface area contributed by atoms with E-state index in [0.717, 1.165) is 12.0 Å². The molecule has 0 spiro atoms. The van der Waals surface area contributed by atoms with E-state index in [4.69, 9.17) is 11.6 Å². The molecule has 1 aromatic rings. The van der Waals surface area contributed by atoms with Crippen molar-refractivity contribution >= 4 is 23.5 Å². The fraction of sp³-hybridized carbons (Fsp3) is 0.467. The van der Waals surface area contributed by atoms with Crippen LogP contribution < -0.4 is 16.0 Å². The van der Waals surface area contributed by atoms with Gasteiger partial charge >= 0.3 is 6.03 Å². The molecule has 0 aliphatic carbocycles. The Morgan fingerprint density at radius 3 is 2.67 bits per heavy atom. The maximum atomic E-state index is 11.7. The van der Waals surface area contributed by atoms with E-state index < -0.39 is 6.04 Å². The summed E-state index contributed by atoms with van der Waals surface area (Å²) in [4.78, 5) is 23.3. The molecule has 3 amide bonds. The lowest BCUT2D eigenvalue weighted by atomic mass is 10.1. The summed E-state index contributed by atoms with van der Waals surface area (Å²) in [6.07, 6.45) is 1.55. The number of carbonyl (C=O) groups excluding carboxylic acids is 2. The highest BCUT2D eigenvalue weighted by atomic mass is 35.5. The van der Waals surface area contributed by atoms with Gasteiger partial charge in [0.05, 0.1) is 0 Å². The van der Waals surface area contributed by atoms with Crippen molar-refractivity contribution in [1.82, 2.24) is 16.0 Å². The van der Waals surface area contributed by atoms with Gasteiger partial charge in [-0.1, -0.05) is 30.7 Å². The number of halogens is 1. The molecule has 0 fully saturated rings. The zero-order valence-electron chi connectivity index (χ0n) is 12.4. The van der Waals surface area contributed by atoms with Crippen LogP contribution in [0.4, 0.5) is 4.79 Å². The molecule has 0 heterocycles. The molecule has 5 nitrogen and oxygen atoms in total. The number of urea groups is 1. The molecule has 1 aromatic carbocycles. The van der Waals surface area contributed by atoms with Crippen LogP contribution in [0.3, 0.4) is 0 Å². The van der Waals surface area contributed by atoms with Gasteiger partial charge in [-0.25, -0.2) is 4.79 Å². The molecule has 3 N–H and O–H groups in total. The summed E-state index contributed by atoms with van der Waals surface area (Å²) in [6, 6.07) is 6.59. The first-order valence-corrected chi connectivity index (χ1v) is 7.47. The monoisotopic (exact) mass is 311 g/mol. The van der Waals surface area contributed by atoms with E-state index in [0.29, 0.717) is 24.5 Å². The van der Waals surface area contributed by atoms with Crippen LogP contribution in [-0.4, -0.2) is 31.1 Å². The predicted octanol–water partition coefficient (Wildman–Crippen LogP) is 2.10. The molecule has 1 rings (SSSR count). The second-order valence-corrected chi connectivity index (χ2v) is 5.23. The van der Waals surface area contributed by atoms with Crippen molar-refractivity contribution in [3.05, 3.63) is 34.9 Å². The van der Waals surface area contributed by atoms with Gasteiger partial charge in [-0.2, -0.15) is 0 Å². The smallest absolute Gasteiger partial charge is 0.315 e. The molecule has 1 unspecified atom stereocenters. The Morgan fingerprint density at radius 1 is 1.24 bits per heavy atom. The summed E-state index contributed by atoms with van der Waals surface area (Å²) in [5.74, 6) is -0.179. The number of rotatable bonds is 7. The van der Waals surface area contributed by atoms with Crippen molar-refractivity contribution in [2.24, 2.45) is 0 Å². The summed E-state index contributed by atoms with van der Waals surface area (Å²) in [5, 5.41) is 8.73. The van der Waals surface area contributed by atoms with E-state index in [1.807, 2.05) is 31.2 Å². The van der Waals surface area contributed by atoms with Gasteiger partial charge in [-0.15, -0.1) is 0 Å². The predicted molar refractivity (Wildman–Crippen MR) is 84.5 cm³/mol. The van der Waals surface area contributed by atoms with E-state index >= 15 is 0 Å². The van der Waals surface area contributed by atoms with Crippen LogP contribution in [0.15, 0.2) is 24.3 Å². The van der Waals surface area contributed by atoms with Crippen molar-refractivity contribution in [3.8, 4) is 0 Å². The Labute approximate surface area is 130 Å². The van der Waals surface area contributed by atoms with Crippen LogP contribution in [0.1, 0.15) is 25.8 Å². The number of amides is 3. The van der Waals surface area contributed by atoms with Gasteiger partial charge < -0.3 is 16.0 Å². The minimum atomic E-state index is -0.553. The van der Waals surface area contributed by atoms with E-state index in [9.17, 15) is 9.59 Å². The maximum absolute atomic E-state index is 11.7. The first-order chi connectivity index (χ1) is 10.0. The third kappa shape index (κ3) is 6.99. The molecular formula is C15H22ClN3O2. The molecule has 0 saturated heterocycles. The van der Waals surface area contributed by atoms with Gasteiger partial charge in [0, 0.05) is 18.1 Å². The number of carbonyl (C=O) groups is 2. The van der Waals surface area contributed by atoms with Gasteiger partial charge in [-0.05, 0) is 37.5 Å². The number of benzene rings is 1. The molecule has 6 heteroatoms. The molecule has 1 atom stereocenters. The molecule has 0 aliphatic rings. The second kappa shape index (κ2) is 9.23. The van der Waals surface area contributed by atoms with Crippen molar-refractivity contribution < 1.29 is 9.59 Å². The maximum Gasteiger partial charge on any atom is 0.315 e. The topological polar surface area (TPSA) is 70.2 Å². The fourth-order valence-corrected chi connectivity index (χ4v) is 1.94. The van der Waals surface area contributed by atoms with Crippen LogP contribution in [0.5, 0.6) is 0 Å². The van der Waals surface area contributed by atoms with Gasteiger partial charge in [0.2, 0.25) is 5.91 Å². The zero-order chi connectivity index (χ0) is 15.7. The summed E-state index contributed by atoms with van der Waals surface area (Å²) in [6.45, 7) is 4.72. The van der Waals surface area contributed by atoms with Crippen LogP contribution in [0, 0.1) is 0 Å². The average Bonchev–Trinajstić information content (AvgIpc) is 2.44. The lowest BCUT2D eigenvalue weighted by molar-refractivity contribution is -0.122. The first kappa shape index (κ1) is 17.3.